The van der Waals surface area contributed by atoms with Crippen LogP contribution in [0.2, 0.25) is 0 Å². The Labute approximate surface area is 125 Å². The molecule has 1 heterocycles. The molecule has 20 heavy (non-hydrogen) atoms. The van der Waals surface area contributed by atoms with Gasteiger partial charge in [0.15, 0.2) is 6.29 Å². The van der Waals surface area contributed by atoms with Gasteiger partial charge in [-0.1, -0.05) is 27.2 Å². The molecule has 1 aliphatic heterocycles. The highest BCUT2D eigenvalue weighted by molar-refractivity contribution is 8.00. The Bertz CT molecular complexity index is 334. The molecule has 1 unspecified atom stereocenters. The maximum atomic E-state index is 12.1. The largest absolute Gasteiger partial charge is 0.459 e. The highest BCUT2D eigenvalue weighted by Gasteiger charge is 2.38. The van der Waals surface area contributed by atoms with Crippen LogP contribution >= 0.6 is 11.8 Å². The van der Waals surface area contributed by atoms with Gasteiger partial charge in [-0.05, 0) is 37.0 Å². The average Bonchev–Trinajstić information content (AvgIpc) is 2.85. The molecule has 0 radical (unpaired) electrons. The number of aliphatic hydroxyl groups is 1. The van der Waals surface area contributed by atoms with E-state index in [0.717, 1.165) is 19.3 Å². The minimum absolute atomic E-state index is 0.00291. The molecule has 116 valence electrons. The van der Waals surface area contributed by atoms with Crippen molar-refractivity contribution < 1.29 is 19.4 Å². The predicted octanol–water partition coefficient (Wildman–Crippen LogP) is 2.79. The molecule has 0 aromatic carbocycles. The van der Waals surface area contributed by atoms with Crippen molar-refractivity contribution in [1.82, 2.24) is 0 Å². The van der Waals surface area contributed by atoms with Crippen LogP contribution < -0.4 is 0 Å². The Morgan fingerprint density at radius 1 is 1.45 bits per heavy atom. The third kappa shape index (κ3) is 3.89. The minimum Gasteiger partial charge on any atom is -0.459 e. The Morgan fingerprint density at radius 2 is 2.20 bits per heavy atom. The van der Waals surface area contributed by atoms with Gasteiger partial charge in [0.05, 0.1) is 0 Å². The van der Waals surface area contributed by atoms with Crippen LogP contribution in [0.5, 0.6) is 0 Å². The van der Waals surface area contributed by atoms with Gasteiger partial charge < -0.3 is 14.6 Å². The standard InChI is InChI=1S/C15H26O4S/c1-4-10-5-6-11(9(2)3)12(7-10)18-14(17)15-19-13(16)8-20-15/h9-13,15-16H,4-8H2,1-3H3/t10?,11-,12+,13+,15+/m0/s1. The van der Waals surface area contributed by atoms with Crippen molar-refractivity contribution in [3.05, 3.63) is 0 Å². The lowest BCUT2D eigenvalue weighted by Crippen LogP contribution is -2.38. The van der Waals surface area contributed by atoms with Crippen LogP contribution in [0.15, 0.2) is 0 Å². The molecule has 1 N–H and O–H groups in total. The van der Waals surface area contributed by atoms with Gasteiger partial charge >= 0.3 is 5.97 Å². The lowest BCUT2D eigenvalue weighted by molar-refractivity contribution is -0.172. The van der Waals surface area contributed by atoms with E-state index in [2.05, 4.69) is 20.8 Å². The molecule has 2 fully saturated rings. The van der Waals surface area contributed by atoms with E-state index >= 15 is 0 Å². The third-order valence-electron chi connectivity index (χ3n) is 4.52. The lowest BCUT2D eigenvalue weighted by atomic mass is 9.74. The molecule has 5 atom stereocenters. The highest BCUT2D eigenvalue weighted by atomic mass is 32.2. The van der Waals surface area contributed by atoms with Gasteiger partial charge in [0.25, 0.3) is 0 Å². The van der Waals surface area contributed by atoms with Gasteiger partial charge in [-0.25, -0.2) is 4.79 Å². The zero-order chi connectivity index (χ0) is 14.7. The van der Waals surface area contributed by atoms with E-state index in [1.807, 2.05) is 0 Å². The second-order valence-electron chi connectivity index (χ2n) is 6.23. The first-order valence-corrected chi connectivity index (χ1v) is 8.71. The lowest BCUT2D eigenvalue weighted by Gasteiger charge is -2.37. The summed E-state index contributed by atoms with van der Waals surface area (Å²) in [5.74, 6) is 1.74. The molecule has 0 bridgehead atoms. The summed E-state index contributed by atoms with van der Waals surface area (Å²) in [4.78, 5) is 12.1. The topological polar surface area (TPSA) is 55.8 Å². The van der Waals surface area contributed by atoms with Crippen molar-refractivity contribution in [3.8, 4) is 0 Å². The van der Waals surface area contributed by atoms with Crippen LogP contribution in [-0.2, 0) is 14.3 Å². The monoisotopic (exact) mass is 302 g/mol. The number of rotatable bonds is 4. The van der Waals surface area contributed by atoms with Crippen molar-refractivity contribution in [2.24, 2.45) is 17.8 Å². The number of carbonyl (C=O) groups is 1. The van der Waals surface area contributed by atoms with Gasteiger partial charge in [-0.3, -0.25) is 0 Å². The maximum Gasteiger partial charge on any atom is 0.346 e. The van der Waals surface area contributed by atoms with E-state index in [4.69, 9.17) is 9.47 Å². The van der Waals surface area contributed by atoms with Crippen molar-refractivity contribution >= 4 is 17.7 Å². The average molecular weight is 302 g/mol. The van der Waals surface area contributed by atoms with Gasteiger partial charge in [0.1, 0.15) is 6.10 Å². The van der Waals surface area contributed by atoms with Crippen molar-refractivity contribution in [2.45, 2.75) is 64.3 Å². The predicted molar refractivity (Wildman–Crippen MR) is 79.2 cm³/mol. The summed E-state index contributed by atoms with van der Waals surface area (Å²) < 4.78 is 10.9. The molecule has 0 aromatic rings. The van der Waals surface area contributed by atoms with Gasteiger partial charge in [0.2, 0.25) is 5.44 Å². The van der Waals surface area contributed by atoms with Crippen molar-refractivity contribution in [3.63, 3.8) is 0 Å². The van der Waals surface area contributed by atoms with E-state index in [1.165, 1.54) is 18.2 Å². The van der Waals surface area contributed by atoms with E-state index < -0.39 is 11.7 Å². The van der Waals surface area contributed by atoms with Crippen molar-refractivity contribution in [2.75, 3.05) is 5.75 Å². The Balaban J connectivity index is 1.94. The first-order valence-electron chi connectivity index (χ1n) is 7.66. The third-order valence-corrected chi connectivity index (χ3v) is 5.60. The molecule has 4 nitrogen and oxygen atoms in total. The SMILES string of the molecule is CCC1CC[C@@H](C(C)C)[C@H](OC(=O)[C@@H]2O[C@@H](O)CS2)C1. The van der Waals surface area contributed by atoms with Gasteiger partial charge in [0, 0.05) is 5.75 Å². The zero-order valence-corrected chi connectivity index (χ0v) is 13.4. The van der Waals surface area contributed by atoms with Gasteiger partial charge in [-0.2, -0.15) is 0 Å². The molecule has 0 amide bonds. The molecule has 1 saturated carbocycles. The minimum atomic E-state index is -0.840. The van der Waals surface area contributed by atoms with Crippen LogP contribution in [-0.4, -0.2) is 34.7 Å². The molecule has 2 rings (SSSR count). The van der Waals surface area contributed by atoms with Crippen LogP contribution in [0.3, 0.4) is 0 Å². The molecule has 5 heteroatoms. The Morgan fingerprint density at radius 3 is 2.75 bits per heavy atom. The van der Waals surface area contributed by atoms with E-state index in [0.29, 0.717) is 23.5 Å². The fourth-order valence-electron chi connectivity index (χ4n) is 3.22. The highest BCUT2D eigenvalue weighted by Crippen LogP contribution is 2.37. The number of ether oxygens (including phenoxy) is 2. The van der Waals surface area contributed by atoms with E-state index in [-0.39, 0.29) is 12.1 Å². The smallest absolute Gasteiger partial charge is 0.346 e. The van der Waals surface area contributed by atoms with Crippen molar-refractivity contribution in [1.29, 1.82) is 0 Å². The molecule has 1 saturated heterocycles. The number of carbonyl (C=O) groups excluding carboxylic acids is 1. The molecule has 1 aliphatic carbocycles. The van der Waals surface area contributed by atoms with E-state index in [9.17, 15) is 9.90 Å². The summed E-state index contributed by atoms with van der Waals surface area (Å²) >= 11 is 1.32. The summed E-state index contributed by atoms with van der Waals surface area (Å²) in [5.41, 5.74) is -0.653. The second-order valence-corrected chi connectivity index (χ2v) is 7.32. The Hall–Kier alpha value is -0.260. The number of thioether (sulfide) groups is 1. The summed E-state index contributed by atoms with van der Waals surface area (Å²) in [7, 11) is 0. The first kappa shape index (κ1) is 16.1. The molecular weight excluding hydrogens is 276 g/mol. The number of aliphatic hydroxyl groups excluding tert-OH is 1. The fraction of sp³-hybridized carbons (Fsp3) is 0.933. The van der Waals surface area contributed by atoms with Crippen LogP contribution in [0.4, 0.5) is 0 Å². The zero-order valence-electron chi connectivity index (χ0n) is 12.6. The molecule has 0 aromatic heterocycles. The summed E-state index contributed by atoms with van der Waals surface area (Å²) in [5, 5.41) is 9.32. The summed E-state index contributed by atoms with van der Waals surface area (Å²) in [6.07, 6.45) is 3.64. The van der Waals surface area contributed by atoms with Crippen LogP contribution in [0, 0.1) is 17.8 Å². The second kappa shape index (κ2) is 7.14. The normalized spacial score (nSPS) is 38.1. The van der Waals surface area contributed by atoms with Crippen LogP contribution in [0.25, 0.3) is 0 Å². The number of hydrogen-bond donors (Lipinski definition) is 1. The van der Waals surface area contributed by atoms with E-state index in [1.54, 1.807) is 0 Å². The summed E-state index contributed by atoms with van der Waals surface area (Å²) in [6, 6.07) is 0. The molecular formula is C15H26O4S. The summed E-state index contributed by atoms with van der Waals surface area (Å²) in [6.45, 7) is 6.59. The molecule has 2 aliphatic rings. The Kier molecular flexibility index (Phi) is 5.75. The quantitative estimate of drug-likeness (QED) is 0.809. The first-order chi connectivity index (χ1) is 9.51. The number of esters is 1. The molecule has 0 spiro atoms. The van der Waals surface area contributed by atoms with Gasteiger partial charge in [-0.15, -0.1) is 11.8 Å². The van der Waals surface area contributed by atoms with Crippen LogP contribution in [0.1, 0.15) is 46.5 Å². The fourth-order valence-corrected chi connectivity index (χ4v) is 4.04. The maximum absolute atomic E-state index is 12.1. The number of hydrogen-bond acceptors (Lipinski definition) is 5.